The van der Waals surface area contributed by atoms with Crippen LogP contribution in [0.1, 0.15) is 22.8 Å². The van der Waals surface area contributed by atoms with Crippen molar-refractivity contribution in [1.82, 2.24) is 9.88 Å². The first-order valence-electron chi connectivity index (χ1n) is 6.71. The zero-order chi connectivity index (χ0) is 17.0. The number of nitrogens with one attached hydrogen (secondary N) is 1. The molecule has 0 aliphatic rings. The van der Waals surface area contributed by atoms with Crippen LogP contribution in [-0.2, 0) is 25.6 Å². The van der Waals surface area contributed by atoms with Crippen LogP contribution >= 0.6 is 0 Å². The van der Waals surface area contributed by atoms with E-state index in [1.807, 2.05) is 12.1 Å². The molecule has 122 valence electrons. The van der Waals surface area contributed by atoms with Crippen LogP contribution in [0.4, 0.5) is 0 Å². The number of rotatable bonds is 5. The Hall–Kier alpha value is -2.61. The van der Waals surface area contributed by atoms with Gasteiger partial charge in [-0.25, -0.2) is 4.79 Å². The second-order valence-corrected chi connectivity index (χ2v) is 6.49. The van der Waals surface area contributed by atoms with Crippen molar-refractivity contribution in [3.8, 4) is 5.69 Å². The predicted octanol–water partition coefficient (Wildman–Crippen LogP) is 1.23. The molecule has 0 saturated carbocycles. The van der Waals surface area contributed by atoms with E-state index in [0.717, 1.165) is 11.8 Å². The Kier molecular flexibility index (Phi) is 4.85. The summed E-state index contributed by atoms with van der Waals surface area (Å²) in [5.41, 5.74) is 1.52. The first-order valence-corrected chi connectivity index (χ1v) is 8.52. The number of benzene rings is 1. The van der Waals surface area contributed by atoms with Crippen LogP contribution < -0.4 is 5.32 Å². The summed E-state index contributed by atoms with van der Waals surface area (Å²) in [6, 6.07) is 8.24. The Morgan fingerprint density at radius 2 is 1.87 bits per heavy atom. The Balaban J connectivity index is 2.39. The SMILES string of the molecule is CC(=O)NCc1ccc(C(=O)OS(C)(=O)=O)cc1-n1cccc1. The Morgan fingerprint density at radius 1 is 1.22 bits per heavy atom. The van der Waals surface area contributed by atoms with Gasteiger partial charge in [-0.1, -0.05) is 6.07 Å². The van der Waals surface area contributed by atoms with Gasteiger partial charge in [-0.05, 0) is 29.8 Å². The molecular formula is C15H16N2O5S. The molecule has 0 atom stereocenters. The largest absolute Gasteiger partial charge is 0.353 e. The van der Waals surface area contributed by atoms with Crippen LogP contribution in [0.3, 0.4) is 0 Å². The number of amides is 1. The number of hydrogen-bond acceptors (Lipinski definition) is 5. The van der Waals surface area contributed by atoms with Gasteiger partial charge in [0.25, 0.3) is 0 Å². The monoisotopic (exact) mass is 336 g/mol. The lowest BCUT2D eigenvalue weighted by atomic mass is 10.1. The summed E-state index contributed by atoms with van der Waals surface area (Å²) in [5, 5.41) is 2.69. The molecule has 1 amide bonds. The summed E-state index contributed by atoms with van der Waals surface area (Å²) in [5.74, 6) is -1.13. The van der Waals surface area contributed by atoms with E-state index in [2.05, 4.69) is 9.50 Å². The van der Waals surface area contributed by atoms with Crippen molar-refractivity contribution in [3.63, 3.8) is 0 Å². The molecule has 0 aliphatic carbocycles. The highest BCUT2D eigenvalue weighted by atomic mass is 32.2. The van der Waals surface area contributed by atoms with E-state index in [4.69, 9.17) is 0 Å². The molecule has 2 aromatic rings. The van der Waals surface area contributed by atoms with Gasteiger partial charge in [0.15, 0.2) is 0 Å². The van der Waals surface area contributed by atoms with E-state index in [0.29, 0.717) is 5.69 Å². The average Bonchev–Trinajstić information content (AvgIpc) is 2.97. The molecule has 2 rings (SSSR count). The van der Waals surface area contributed by atoms with E-state index < -0.39 is 16.1 Å². The first kappa shape index (κ1) is 16.8. The van der Waals surface area contributed by atoms with Gasteiger partial charge in [0, 0.05) is 25.9 Å². The van der Waals surface area contributed by atoms with Gasteiger partial charge in [0.1, 0.15) is 0 Å². The van der Waals surface area contributed by atoms with Crippen molar-refractivity contribution in [3.05, 3.63) is 53.9 Å². The van der Waals surface area contributed by atoms with Crippen molar-refractivity contribution < 1.29 is 22.2 Å². The molecule has 1 N–H and O–H groups in total. The molecule has 23 heavy (non-hydrogen) atoms. The fraction of sp³-hybridized carbons (Fsp3) is 0.200. The molecule has 0 saturated heterocycles. The summed E-state index contributed by atoms with van der Waals surface area (Å²) in [6.07, 6.45) is 4.36. The maximum absolute atomic E-state index is 11.9. The molecule has 1 aromatic carbocycles. The lowest BCUT2D eigenvalue weighted by molar-refractivity contribution is -0.119. The Morgan fingerprint density at radius 3 is 2.43 bits per heavy atom. The van der Waals surface area contributed by atoms with Crippen molar-refractivity contribution in [1.29, 1.82) is 0 Å². The molecular weight excluding hydrogens is 320 g/mol. The molecule has 8 heteroatoms. The molecule has 0 spiro atoms. The van der Waals surface area contributed by atoms with Crippen molar-refractivity contribution in [2.24, 2.45) is 0 Å². The molecule has 0 fully saturated rings. The summed E-state index contributed by atoms with van der Waals surface area (Å²) in [4.78, 5) is 23.0. The highest BCUT2D eigenvalue weighted by Crippen LogP contribution is 2.18. The zero-order valence-corrected chi connectivity index (χ0v) is 13.5. The average molecular weight is 336 g/mol. The van der Waals surface area contributed by atoms with Gasteiger partial charge >= 0.3 is 16.1 Å². The van der Waals surface area contributed by atoms with Crippen molar-refractivity contribution in [2.75, 3.05) is 6.26 Å². The maximum atomic E-state index is 11.9. The number of carbonyl (C=O) groups excluding carboxylic acids is 2. The topological polar surface area (TPSA) is 94.5 Å². The van der Waals surface area contributed by atoms with Crippen LogP contribution in [0.5, 0.6) is 0 Å². The van der Waals surface area contributed by atoms with Gasteiger partial charge in [-0.3, -0.25) is 4.79 Å². The van der Waals surface area contributed by atoms with Crippen LogP contribution in [0, 0.1) is 0 Å². The van der Waals surface area contributed by atoms with E-state index in [1.54, 1.807) is 23.0 Å². The van der Waals surface area contributed by atoms with Gasteiger partial charge in [0.2, 0.25) is 5.91 Å². The van der Waals surface area contributed by atoms with Crippen molar-refractivity contribution in [2.45, 2.75) is 13.5 Å². The number of hydrogen-bond donors (Lipinski definition) is 1. The minimum Gasteiger partial charge on any atom is -0.352 e. The summed E-state index contributed by atoms with van der Waals surface area (Å²) in [6.45, 7) is 1.69. The third kappa shape index (κ3) is 4.68. The Bertz CT molecular complexity index is 826. The van der Waals surface area contributed by atoms with Crippen LogP contribution in [-0.4, -0.2) is 31.1 Å². The first-order chi connectivity index (χ1) is 10.8. The summed E-state index contributed by atoms with van der Waals surface area (Å²) < 4.78 is 28.3. The van der Waals surface area contributed by atoms with Gasteiger partial charge in [-0.15, -0.1) is 0 Å². The standard InChI is InChI=1S/C15H16N2O5S/c1-11(18)16-10-13-6-5-12(15(19)22-23(2,20)21)9-14(13)17-7-3-4-8-17/h3-9H,10H2,1-2H3,(H,16,18). The minimum atomic E-state index is -3.88. The quantitative estimate of drug-likeness (QED) is 0.829. The van der Waals surface area contributed by atoms with Gasteiger partial charge in [0.05, 0.1) is 17.5 Å². The Labute approximate surface area is 134 Å². The summed E-state index contributed by atoms with van der Waals surface area (Å²) in [7, 11) is -3.88. The van der Waals surface area contributed by atoms with Crippen LogP contribution in [0.2, 0.25) is 0 Å². The van der Waals surface area contributed by atoms with Crippen molar-refractivity contribution >= 4 is 22.0 Å². The van der Waals surface area contributed by atoms with E-state index in [9.17, 15) is 18.0 Å². The highest BCUT2D eigenvalue weighted by molar-refractivity contribution is 7.86. The van der Waals surface area contributed by atoms with E-state index in [1.165, 1.54) is 19.1 Å². The molecule has 1 heterocycles. The number of carbonyl (C=O) groups is 2. The molecule has 1 aromatic heterocycles. The minimum absolute atomic E-state index is 0.103. The van der Waals surface area contributed by atoms with Crippen LogP contribution in [0.25, 0.3) is 5.69 Å². The normalized spacial score (nSPS) is 11.0. The highest BCUT2D eigenvalue weighted by Gasteiger charge is 2.16. The fourth-order valence-corrected chi connectivity index (χ4v) is 2.35. The molecule has 7 nitrogen and oxygen atoms in total. The third-order valence-corrected chi connectivity index (χ3v) is 3.41. The van der Waals surface area contributed by atoms with Crippen LogP contribution in [0.15, 0.2) is 42.7 Å². The number of nitrogens with zero attached hydrogens (tertiary/aromatic N) is 1. The van der Waals surface area contributed by atoms with E-state index in [-0.39, 0.29) is 18.0 Å². The van der Waals surface area contributed by atoms with Gasteiger partial charge in [-0.2, -0.15) is 8.42 Å². The molecule has 0 radical (unpaired) electrons. The zero-order valence-electron chi connectivity index (χ0n) is 12.6. The lowest BCUT2D eigenvalue weighted by Crippen LogP contribution is -2.20. The second-order valence-electron chi connectivity index (χ2n) is 4.92. The maximum Gasteiger partial charge on any atom is 0.353 e. The second kappa shape index (κ2) is 6.66. The lowest BCUT2D eigenvalue weighted by Gasteiger charge is -2.13. The van der Waals surface area contributed by atoms with E-state index >= 15 is 0 Å². The molecule has 0 aliphatic heterocycles. The smallest absolute Gasteiger partial charge is 0.352 e. The summed E-state index contributed by atoms with van der Waals surface area (Å²) >= 11 is 0. The fourth-order valence-electron chi connectivity index (χ4n) is 1.98. The molecule has 0 bridgehead atoms. The predicted molar refractivity (Wildman–Crippen MR) is 83.5 cm³/mol. The molecule has 0 unspecified atom stereocenters. The number of aromatic nitrogens is 1. The van der Waals surface area contributed by atoms with Gasteiger partial charge < -0.3 is 14.1 Å². The third-order valence-electron chi connectivity index (χ3n) is 2.96.